The highest BCUT2D eigenvalue weighted by molar-refractivity contribution is 6.36. The van der Waals surface area contributed by atoms with Crippen LogP contribution in [0.5, 0.6) is 0 Å². The molecule has 0 fully saturated rings. The summed E-state index contributed by atoms with van der Waals surface area (Å²) in [7, 11) is 0. The maximum atomic E-state index is 6.14. The number of aromatic nitrogens is 2. The molecule has 1 unspecified atom stereocenters. The van der Waals surface area contributed by atoms with E-state index in [-0.39, 0.29) is 0 Å². The first-order chi connectivity index (χ1) is 10.1. The highest BCUT2D eigenvalue weighted by Crippen LogP contribution is 2.26. The number of halogens is 2. The Morgan fingerprint density at radius 1 is 1.24 bits per heavy atom. The monoisotopic (exact) mass is 327 g/mol. The Kier molecular flexibility index (Phi) is 6.03. The van der Waals surface area contributed by atoms with Crippen molar-refractivity contribution in [3.8, 4) is 0 Å². The molecule has 0 saturated carbocycles. The molecule has 0 spiro atoms. The SMILES string of the molecule is CC(CCN)CCc1nc(Cc2c(Cl)cccc2Cl)no1. The molecule has 2 rings (SSSR count). The first kappa shape index (κ1) is 16.3. The molecule has 4 nitrogen and oxygen atoms in total. The third-order valence-electron chi connectivity index (χ3n) is 3.42. The molecule has 0 aliphatic carbocycles. The number of benzene rings is 1. The van der Waals surface area contributed by atoms with Gasteiger partial charge in [0.25, 0.3) is 0 Å². The van der Waals surface area contributed by atoms with E-state index < -0.39 is 0 Å². The largest absolute Gasteiger partial charge is 0.339 e. The van der Waals surface area contributed by atoms with Crippen LogP contribution in [0.3, 0.4) is 0 Å². The second kappa shape index (κ2) is 7.78. The number of aryl methyl sites for hydroxylation is 1. The van der Waals surface area contributed by atoms with Gasteiger partial charge in [0.05, 0.1) is 0 Å². The van der Waals surface area contributed by atoms with Gasteiger partial charge >= 0.3 is 0 Å². The summed E-state index contributed by atoms with van der Waals surface area (Å²) in [6, 6.07) is 5.42. The molecule has 0 radical (unpaired) electrons. The summed E-state index contributed by atoms with van der Waals surface area (Å²) >= 11 is 12.3. The third kappa shape index (κ3) is 4.70. The van der Waals surface area contributed by atoms with Crippen LogP contribution in [-0.2, 0) is 12.8 Å². The summed E-state index contributed by atoms with van der Waals surface area (Å²) < 4.78 is 5.27. The highest BCUT2D eigenvalue weighted by Gasteiger charge is 2.12. The molecule has 1 atom stereocenters. The molecular formula is C15H19Cl2N3O. The van der Waals surface area contributed by atoms with Crippen LogP contribution in [0.4, 0.5) is 0 Å². The second-order valence-electron chi connectivity index (χ2n) is 5.20. The minimum atomic E-state index is 0.473. The van der Waals surface area contributed by atoms with Crippen molar-refractivity contribution in [2.75, 3.05) is 6.54 Å². The van der Waals surface area contributed by atoms with Crippen molar-refractivity contribution in [3.63, 3.8) is 0 Å². The van der Waals surface area contributed by atoms with Crippen LogP contribution in [0.2, 0.25) is 10.0 Å². The molecule has 1 heterocycles. The minimum Gasteiger partial charge on any atom is -0.339 e. The van der Waals surface area contributed by atoms with E-state index in [0.717, 1.165) is 24.8 Å². The molecular weight excluding hydrogens is 309 g/mol. The molecule has 114 valence electrons. The molecule has 0 aliphatic heterocycles. The van der Waals surface area contributed by atoms with Crippen LogP contribution in [0.15, 0.2) is 22.7 Å². The predicted molar refractivity (Wildman–Crippen MR) is 84.7 cm³/mol. The van der Waals surface area contributed by atoms with E-state index in [2.05, 4.69) is 17.1 Å². The average Bonchev–Trinajstić information content (AvgIpc) is 2.89. The van der Waals surface area contributed by atoms with E-state index in [1.54, 1.807) is 12.1 Å². The number of nitrogens with two attached hydrogens (primary N) is 1. The van der Waals surface area contributed by atoms with E-state index >= 15 is 0 Å². The fraction of sp³-hybridized carbons (Fsp3) is 0.467. The molecule has 2 N–H and O–H groups in total. The van der Waals surface area contributed by atoms with Crippen molar-refractivity contribution in [2.45, 2.75) is 32.6 Å². The molecule has 0 saturated heterocycles. The molecule has 0 aliphatic rings. The zero-order valence-corrected chi connectivity index (χ0v) is 13.5. The fourth-order valence-corrected chi connectivity index (χ4v) is 2.65. The highest BCUT2D eigenvalue weighted by atomic mass is 35.5. The van der Waals surface area contributed by atoms with Crippen LogP contribution >= 0.6 is 23.2 Å². The first-order valence-corrected chi connectivity index (χ1v) is 7.80. The van der Waals surface area contributed by atoms with E-state index in [1.165, 1.54) is 0 Å². The summed E-state index contributed by atoms with van der Waals surface area (Å²) in [6.07, 6.45) is 3.24. The Morgan fingerprint density at radius 2 is 1.95 bits per heavy atom. The van der Waals surface area contributed by atoms with Crippen LogP contribution in [0, 0.1) is 5.92 Å². The summed E-state index contributed by atoms with van der Waals surface area (Å²) in [5, 5.41) is 5.22. The molecule has 0 bridgehead atoms. The van der Waals surface area contributed by atoms with Gasteiger partial charge < -0.3 is 10.3 Å². The minimum absolute atomic E-state index is 0.473. The molecule has 0 amide bonds. The molecule has 2 aromatic rings. The summed E-state index contributed by atoms with van der Waals surface area (Å²) in [6.45, 7) is 2.88. The normalized spacial score (nSPS) is 12.6. The maximum Gasteiger partial charge on any atom is 0.226 e. The van der Waals surface area contributed by atoms with Gasteiger partial charge in [0.1, 0.15) is 0 Å². The summed E-state index contributed by atoms with van der Waals surface area (Å²) in [5.74, 6) is 1.81. The van der Waals surface area contributed by atoms with Gasteiger partial charge in [-0.25, -0.2) is 0 Å². The van der Waals surface area contributed by atoms with Gasteiger partial charge in [-0.1, -0.05) is 41.3 Å². The Bertz CT molecular complexity index is 566. The lowest BCUT2D eigenvalue weighted by atomic mass is 10.0. The van der Waals surface area contributed by atoms with Gasteiger partial charge in [-0.05, 0) is 43.0 Å². The van der Waals surface area contributed by atoms with Gasteiger partial charge in [0, 0.05) is 22.9 Å². The molecule has 1 aromatic heterocycles. The lowest BCUT2D eigenvalue weighted by Crippen LogP contribution is -2.06. The van der Waals surface area contributed by atoms with E-state index in [1.807, 2.05) is 6.07 Å². The lowest BCUT2D eigenvalue weighted by Gasteiger charge is -2.06. The van der Waals surface area contributed by atoms with Gasteiger partial charge in [0.15, 0.2) is 5.82 Å². The van der Waals surface area contributed by atoms with Crippen molar-refractivity contribution < 1.29 is 4.52 Å². The van der Waals surface area contributed by atoms with Crippen molar-refractivity contribution in [1.82, 2.24) is 10.1 Å². The Balaban J connectivity index is 1.97. The van der Waals surface area contributed by atoms with Crippen molar-refractivity contribution in [3.05, 3.63) is 45.5 Å². The number of hydrogen-bond donors (Lipinski definition) is 1. The second-order valence-corrected chi connectivity index (χ2v) is 6.02. The predicted octanol–water partition coefficient (Wildman–Crippen LogP) is 3.88. The van der Waals surface area contributed by atoms with Crippen molar-refractivity contribution >= 4 is 23.2 Å². The summed E-state index contributed by atoms with van der Waals surface area (Å²) in [5.41, 5.74) is 6.36. The van der Waals surface area contributed by atoms with E-state index in [9.17, 15) is 0 Å². The van der Waals surface area contributed by atoms with Gasteiger partial charge in [-0.3, -0.25) is 0 Å². The number of rotatable bonds is 7. The Labute approximate surface area is 134 Å². The number of nitrogens with zero attached hydrogens (tertiary/aromatic N) is 2. The molecule has 6 heteroatoms. The quantitative estimate of drug-likeness (QED) is 0.837. The van der Waals surface area contributed by atoms with Gasteiger partial charge in [0.2, 0.25) is 5.89 Å². The topological polar surface area (TPSA) is 64.9 Å². The van der Waals surface area contributed by atoms with Crippen molar-refractivity contribution in [1.29, 1.82) is 0 Å². The van der Waals surface area contributed by atoms with Crippen molar-refractivity contribution in [2.24, 2.45) is 11.7 Å². The lowest BCUT2D eigenvalue weighted by molar-refractivity contribution is 0.359. The van der Waals surface area contributed by atoms with E-state index in [4.69, 9.17) is 33.5 Å². The smallest absolute Gasteiger partial charge is 0.226 e. The fourth-order valence-electron chi connectivity index (χ4n) is 2.12. The zero-order chi connectivity index (χ0) is 15.2. The maximum absolute atomic E-state index is 6.14. The zero-order valence-electron chi connectivity index (χ0n) is 12.0. The average molecular weight is 328 g/mol. The van der Waals surface area contributed by atoms with E-state index in [0.29, 0.717) is 40.6 Å². The third-order valence-corrected chi connectivity index (χ3v) is 4.13. The van der Waals surface area contributed by atoms with Crippen LogP contribution in [0.1, 0.15) is 37.0 Å². The van der Waals surface area contributed by atoms with Gasteiger partial charge in [-0.2, -0.15) is 4.98 Å². The van der Waals surface area contributed by atoms with Gasteiger partial charge in [-0.15, -0.1) is 0 Å². The molecule has 1 aromatic carbocycles. The van der Waals surface area contributed by atoms with Crippen LogP contribution < -0.4 is 5.73 Å². The molecule has 21 heavy (non-hydrogen) atoms. The standard InChI is InChI=1S/C15H19Cl2N3O/c1-10(7-8-18)5-6-15-19-14(20-21-15)9-11-12(16)3-2-4-13(11)17/h2-4,10H,5-9,18H2,1H3. The summed E-state index contributed by atoms with van der Waals surface area (Å²) in [4.78, 5) is 4.39. The number of hydrogen-bond acceptors (Lipinski definition) is 4. The van der Waals surface area contributed by atoms with Crippen LogP contribution in [0.25, 0.3) is 0 Å². The Hall–Kier alpha value is -1.10. The van der Waals surface area contributed by atoms with Crippen LogP contribution in [-0.4, -0.2) is 16.7 Å². The Morgan fingerprint density at radius 3 is 2.62 bits per heavy atom. The first-order valence-electron chi connectivity index (χ1n) is 7.04.